The third-order valence-electron chi connectivity index (χ3n) is 1.97. The Hall–Kier alpha value is -1.13. The number of amides is 1. The van der Waals surface area contributed by atoms with Gasteiger partial charge in [-0.15, -0.1) is 12.4 Å². The van der Waals surface area contributed by atoms with Gasteiger partial charge in [0.15, 0.2) is 0 Å². The first-order valence-corrected chi connectivity index (χ1v) is 4.81. The topological polar surface area (TPSA) is 62.2 Å². The van der Waals surface area contributed by atoms with Gasteiger partial charge in [-0.2, -0.15) is 0 Å². The molecular formula is C11H17ClN2O2. The molecule has 0 aliphatic heterocycles. The van der Waals surface area contributed by atoms with E-state index in [0.29, 0.717) is 11.4 Å². The second kappa shape index (κ2) is 5.82. The minimum absolute atomic E-state index is 0. The van der Waals surface area contributed by atoms with Crippen LogP contribution in [-0.2, 0) is 11.4 Å². The van der Waals surface area contributed by atoms with Crippen LogP contribution < -0.4 is 5.32 Å². The molecule has 0 aliphatic rings. The average molecular weight is 245 g/mol. The Balaban J connectivity index is 0.00000225. The average Bonchev–Trinajstić information content (AvgIpc) is 2.17. The fourth-order valence-corrected chi connectivity index (χ4v) is 0.988. The number of carbonyl (C=O) groups excluding carboxylic acids is 1. The number of anilines is 1. The van der Waals surface area contributed by atoms with Gasteiger partial charge in [-0.1, -0.05) is 20.8 Å². The molecule has 0 saturated heterocycles. The first-order valence-electron chi connectivity index (χ1n) is 4.81. The van der Waals surface area contributed by atoms with Crippen molar-refractivity contribution in [2.45, 2.75) is 27.4 Å². The minimum Gasteiger partial charge on any atom is -0.390 e. The molecule has 1 rings (SSSR count). The summed E-state index contributed by atoms with van der Waals surface area (Å²) >= 11 is 0. The molecule has 1 heterocycles. The van der Waals surface area contributed by atoms with E-state index in [2.05, 4.69) is 10.3 Å². The van der Waals surface area contributed by atoms with E-state index in [-0.39, 0.29) is 24.9 Å². The molecule has 0 saturated carbocycles. The van der Waals surface area contributed by atoms with Crippen molar-refractivity contribution in [1.82, 2.24) is 4.98 Å². The van der Waals surface area contributed by atoms with Crippen LogP contribution in [0.2, 0.25) is 0 Å². The van der Waals surface area contributed by atoms with Crippen molar-refractivity contribution >= 4 is 24.0 Å². The Morgan fingerprint density at radius 3 is 2.62 bits per heavy atom. The van der Waals surface area contributed by atoms with Crippen LogP contribution in [0.4, 0.5) is 5.69 Å². The highest BCUT2D eigenvalue weighted by Crippen LogP contribution is 2.18. The van der Waals surface area contributed by atoms with E-state index >= 15 is 0 Å². The fraction of sp³-hybridized carbons (Fsp3) is 0.455. The van der Waals surface area contributed by atoms with Gasteiger partial charge in [0.1, 0.15) is 0 Å². The van der Waals surface area contributed by atoms with Crippen LogP contribution in [0.5, 0.6) is 0 Å². The zero-order chi connectivity index (χ0) is 11.5. The standard InChI is InChI=1S/C11H16N2O2.ClH/c1-11(2,3)10(15)13-8-5-4-6-12-9(8)7-14;/h4-6,14H,7H2,1-3H3,(H,13,15);1H. The Kier molecular flexibility index (Phi) is 5.41. The normalized spacial score (nSPS) is 10.5. The number of aliphatic hydroxyl groups is 1. The van der Waals surface area contributed by atoms with Crippen LogP contribution in [0.1, 0.15) is 26.5 Å². The third-order valence-corrected chi connectivity index (χ3v) is 1.97. The predicted octanol–water partition coefficient (Wildman–Crippen LogP) is 1.98. The van der Waals surface area contributed by atoms with Gasteiger partial charge in [0.25, 0.3) is 0 Å². The maximum Gasteiger partial charge on any atom is 0.229 e. The van der Waals surface area contributed by atoms with Crippen molar-refractivity contribution in [1.29, 1.82) is 0 Å². The monoisotopic (exact) mass is 244 g/mol. The van der Waals surface area contributed by atoms with E-state index < -0.39 is 5.41 Å². The zero-order valence-corrected chi connectivity index (χ0v) is 10.5. The zero-order valence-electron chi connectivity index (χ0n) is 9.65. The van der Waals surface area contributed by atoms with Crippen molar-refractivity contribution in [2.75, 3.05) is 5.32 Å². The lowest BCUT2D eigenvalue weighted by Crippen LogP contribution is -2.28. The number of pyridine rings is 1. The van der Waals surface area contributed by atoms with Gasteiger partial charge in [0.05, 0.1) is 18.0 Å². The van der Waals surface area contributed by atoms with Crippen molar-refractivity contribution < 1.29 is 9.90 Å². The lowest BCUT2D eigenvalue weighted by atomic mass is 9.95. The highest BCUT2D eigenvalue weighted by atomic mass is 35.5. The van der Waals surface area contributed by atoms with Crippen molar-refractivity contribution in [3.8, 4) is 0 Å². The molecule has 2 N–H and O–H groups in total. The summed E-state index contributed by atoms with van der Waals surface area (Å²) in [6.07, 6.45) is 1.58. The Labute approximate surface area is 101 Å². The second-order valence-electron chi connectivity index (χ2n) is 4.36. The third kappa shape index (κ3) is 3.79. The van der Waals surface area contributed by atoms with E-state index in [1.165, 1.54) is 0 Å². The lowest BCUT2D eigenvalue weighted by Gasteiger charge is -2.18. The van der Waals surface area contributed by atoms with Crippen molar-refractivity contribution in [3.63, 3.8) is 0 Å². The second-order valence-corrected chi connectivity index (χ2v) is 4.36. The summed E-state index contributed by atoms with van der Waals surface area (Å²) in [6, 6.07) is 3.44. The highest BCUT2D eigenvalue weighted by Gasteiger charge is 2.21. The van der Waals surface area contributed by atoms with Gasteiger partial charge in [-0.05, 0) is 12.1 Å². The van der Waals surface area contributed by atoms with E-state index in [1.54, 1.807) is 18.3 Å². The molecular weight excluding hydrogens is 228 g/mol. The number of aromatic nitrogens is 1. The summed E-state index contributed by atoms with van der Waals surface area (Å²) in [4.78, 5) is 15.6. The van der Waals surface area contributed by atoms with Crippen LogP contribution in [0.15, 0.2) is 18.3 Å². The lowest BCUT2D eigenvalue weighted by molar-refractivity contribution is -0.123. The predicted molar refractivity (Wildman–Crippen MR) is 65.5 cm³/mol. The van der Waals surface area contributed by atoms with Gasteiger partial charge in [0, 0.05) is 11.6 Å². The number of nitrogens with one attached hydrogen (secondary N) is 1. The molecule has 0 aliphatic carbocycles. The quantitative estimate of drug-likeness (QED) is 0.836. The summed E-state index contributed by atoms with van der Waals surface area (Å²) < 4.78 is 0. The summed E-state index contributed by atoms with van der Waals surface area (Å²) in [5.74, 6) is -0.0924. The van der Waals surface area contributed by atoms with E-state index in [0.717, 1.165) is 0 Å². The Morgan fingerprint density at radius 2 is 2.12 bits per heavy atom. The number of hydrogen-bond donors (Lipinski definition) is 2. The molecule has 1 aromatic rings. The minimum atomic E-state index is -0.456. The Morgan fingerprint density at radius 1 is 1.50 bits per heavy atom. The van der Waals surface area contributed by atoms with Crippen LogP contribution in [0.25, 0.3) is 0 Å². The number of halogens is 1. The van der Waals surface area contributed by atoms with Gasteiger partial charge in [-0.3, -0.25) is 9.78 Å². The molecule has 0 unspecified atom stereocenters. The molecule has 16 heavy (non-hydrogen) atoms. The number of carbonyl (C=O) groups is 1. The maximum absolute atomic E-state index is 11.7. The summed E-state index contributed by atoms with van der Waals surface area (Å²) in [5, 5.41) is 11.8. The molecule has 4 nitrogen and oxygen atoms in total. The van der Waals surface area contributed by atoms with Crippen LogP contribution in [0, 0.1) is 5.41 Å². The summed E-state index contributed by atoms with van der Waals surface area (Å²) in [6.45, 7) is 5.31. The van der Waals surface area contributed by atoms with Gasteiger partial charge in [-0.25, -0.2) is 0 Å². The van der Waals surface area contributed by atoms with Crippen LogP contribution >= 0.6 is 12.4 Å². The van der Waals surface area contributed by atoms with Gasteiger partial charge < -0.3 is 10.4 Å². The smallest absolute Gasteiger partial charge is 0.229 e. The van der Waals surface area contributed by atoms with E-state index in [9.17, 15) is 4.79 Å². The van der Waals surface area contributed by atoms with Crippen molar-refractivity contribution in [2.24, 2.45) is 5.41 Å². The SMILES string of the molecule is CC(C)(C)C(=O)Nc1cccnc1CO.Cl. The molecule has 0 aromatic carbocycles. The van der Waals surface area contributed by atoms with Crippen molar-refractivity contribution in [3.05, 3.63) is 24.0 Å². The van der Waals surface area contributed by atoms with Crippen LogP contribution in [0.3, 0.4) is 0 Å². The molecule has 0 radical (unpaired) electrons. The van der Waals surface area contributed by atoms with Crippen LogP contribution in [-0.4, -0.2) is 16.0 Å². The largest absolute Gasteiger partial charge is 0.390 e. The summed E-state index contributed by atoms with van der Waals surface area (Å²) in [5.41, 5.74) is 0.595. The molecule has 1 aromatic heterocycles. The van der Waals surface area contributed by atoms with Gasteiger partial charge >= 0.3 is 0 Å². The number of rotatable bonds is 2. The molecule has 0 bridgehead atoms. The van der Waals surface area contributed by atoms with E-state index in [1.807, 2.05) is 20.8 Å². The molecule has 90 valence electrons. The Bertz CT molecular complexity index is 361. The number of nitrogens with zero attached hydrogens (tertiary/aromatic N) is 1. The number of aliphatic hydroxyl groups excluding tert-OH is 1. The highest BCUT2D eigenvalue weighted by molar-refractivity contribution is 5.94. The molecule has 0 fully saturated rings. The first kappa shape index (κ1) is 14.9. The molecule has 1 amide bonds. The van der Waals surface area contributed by atoms with E-state index in [4.69, 9.17) is 5.11 Å². The first-order chi connectivity index (χ1) is 6.95. The maximum atomic E-state index is 11.7. The molecule has 0 atom stereocenters. The summed E-state index contributed by atoms with van der Waals surface area (Å²) in [7, 11) is 0. The fourth-order valence-electron chi connectivity index (χ4n) is 0.988. The molecule has 0 spiro atoms. The number of hydrogen-bond acceptors (Lipinski definition) is 3. The van der Waals surface area contributed by atoms with Gasteiger partial charge in [0.2, 0.25) is 5.91 Å². The molecule has 5 heteroatoms.